The van der Waals surface area contributed by atoms with Crippen LogP contribution in [0.3, 0.4) is 0 Å². The molecule has 0 radical (unpaired) electrons. The summed E-state index contributed by atoms with van der Waals surface area (Å²) in [6.45, 7) is 2.93. The van der Waals surface area contributed by atoms with Crippen LogP contribution in [0, 0.1) is 0 Å². The Labute approximate surface area is 130 Å². The molecule has 1 fully saturated rings. The van der Waals surface area contributed by atoms with Crippen LogP contribution in [0.15, 0.2) is 36.5 Å². The molecule has 0 amide bonds. The molecule has 1 atom stereocenters. The van der Waals surface area contributed by atoms with Gasteiger partial charge in [-0.3, -0.25) is 0 Å². The van der Waals surface area contributed by atoms with Gasteiger partial charge >= 0.3 is 0 Å². The molecule has 22 heavy (non-hydrogen) atoms. The summed E-state index contributed by atoms with van der Waals surface area (Å²) in [7, 11) is -3.12. The van der Waals surface area contributed by atoms with Crippen molar-refractivity contribution in [2.24, 2.45) is 0 Å². The summed E-state index contributed by atoms with van der Waals surface area (Å²) in [6, 6.07) is 9.92. The molecular formula is C15H20N4O2S. The third-order valence-corrected chi connectivity index (χ3v) is 5.98. The monoisotopic (exact) mass is 320 g/mol. The fourth-order valence-electron chi connectivity index (χ4n) is 2.76. The zero-order valence-electron chi connectivity index (χ0n) is 12.6. The van der Waals surface area contributed by atoms with Gasteiger partial charge in [-0.05, 0) is 12.8 Å². The van der Waals surface area contributed by atoms with Gasteiger partial charge in [0.1, 0.15) is 5.69 Å². The Balaban J connectivity index is 1.73. The minimum atomic E-state index is -3.12. The van der Waals surface area contributed by atoms with Gasteiger partial charge in [0.05, 0.1) is 18.0 Å². The van der Waals surface area contributed by atoms with E-state index in [0.717, 1.165) is 17.7 Å². The van der Waals surface area contributed by atoms with Crippen molar-refractivity contribution in [2.75, 3.05) is 18.8 Å². The average molecular weight is 320 g/mol. The van der Waals surface area contributed by atoms with Gasteiger partial charge in [0.25, 0.3) is 0 Å². The lowest BCUT2D eigenvalue weighted by molar-refractivity contribution is 0.428. The van der Waals surface area contributed by atoms with Crippen molar-refractivity contribution < 1.29 is 8.42 Å². The summed E-state index contributed by atoms with van der Waals surface area (Å²) in [6.07, 6.45) is 3.32. The number of benzene rings is 1. The van der Waals surface area contributed by atoms with E-state index >= 15 is 0 Å². The van der Waals surface area contributed by atoms with E-state index in [-0.39, 0.29) is 11.8 Å². The maximum absolute atomic E-state index is 12.1. The standard InChI is InChI=1S/C15H20N4O2S/c1-2-10-22(20,21)18-9-8-14(11-18)19-12-15(16-17-19)13-6-4-3-5-7-13/h3-7,12,14H,2,8-11H2,1H3. The number of hydrogen-bond donors (Lipinski definition) is 0. The molecule has 2 aromatic rings. The Kier molecular flexibility index (Phi) is 4.26. The molecule has 0 aliphatic carbocycles. The SMILES string of the molecule is CCCS(=O)(=O)N1CCC(n2cc(-c3ccccc3)nn2)C1. The van der Waals surface area contributed by atoms with Crippen LogP contribution in [0.1, 0.15) is 25.8 Å². The first kappa shape index (κ1) is 15.2. The zero-order valence-corrected chi connectivity index (χ0v) is 13.4. The van der Waals surface area contributed by atoms with Crippen LogP contribution in [0.2, 0.25) is 0 Å². The molecule has 2 heterocycles. The highest BCUT2D eigenvalue weighted by molar-refractivity contribution is 7.89. The lowest BCUT2D eigenvalue weighted by atomic mass is 10.2. The summed E-state index contributed by atoms with van der Waals surface area (Å²) in [4.78, 5) is 0. The maximum atomic E-state index is 12.1. The molecule has 1 aliphatic heterocycles. The predicted octanol–water partition coefficient (Wildman–Crippen LogP) is 1.93. The van der Waals surface area contributed by atoms with Crippen LogP contribution in [0.25, 0.3) is 11.3 Å². The molecule has 6 nitrogen and oxygen atoms in total. The Morgan fingerprint density at radius 3 is 2.77 bits per heavy atom. The quantitative estimate of drug-likeness (QED) is 0.844. The first-order valence-corrected chi connectivity index (χ1v) is 9.16. The van der Waals surface area contributed by atoms with Gasteiger partial charge < -0.3 is 0 Å². The van der Waals surface area contributed by atoms with E-state index in [1.165, 1.54) is 0 Å². The lowest BCUT2D eigenvalue weighted by Crippen LogP contribution is -2.31. The highest BCUT2D eigenvalue weighted by Gasteiger charge is 2.32. The number of nitrogens with zero attached hydrogens (tertiary/aromatic N) is 4. The second-order valence-corrected chi connectivity index (χ2v) is 7.65. The molecule has 0 saturated carbocycles. The van der Waals surface area contributed by atoms with E-state index in [4.69, 9.17) is 0 Å². The van der Waals surface area contributed by atoms with Crippen LogP contribution in [0.4, 0.5) is 0 Å². The molecule has 7 heteroatoms. The van der Waals surface area contributed by atoms with Crippen molar-refractivity contribution in [2.45, 2.75) is 25.8 Å². The van der Waals surface area contributed by atoms with Crippen molar-refractivity contribution >= 4 is 10.0 Å². The minimum Gasteiger partial charge on any atom is -0.247 e. The molecular weight excluding hydrogens is 300 g/mol. The highest BCUT2D eigenvalue weighted by Crippen LogP contribution is 2.25. The van der Waals surface area contributed by atoms with Gasteiger partial charge in [0.15, 0.2) is 0 Å². The van der Waals surface area contributed by atoms with Crippen LogP contribution in [-0.4, -0.2) is 46.6 Å². The Morgan fingerprint density at radius 2 is 2.05 bits per heavy atom. The summed E-state index contributed by atoms with van der Waals surface area (Å²) < 4.78 is 27.6. The first-order chi connectivity index (χ1) is 10.6. The van der Waals surface area contributed by atoms with Crippen LogP contribution in [0.5, 0.6) is 0 Å². The molecule has 0 N–H and O–H groups in total. The van der Waals surface area contributed by atoms with E-state index in [2.05, 4.69) is 10.3 Å². The third-order valence-electron chi connectivity index (χ3n) is 3.94. The van der Waals surface area contributed by atoms with Crippen LogP contribution >= 0.6 is 0 Å². The highest BCUT2D eigenvalue weighted by atomic mass is 32.2. The summed E-state index contributed by atoms with van der Waals surface area (Å²) in [5.41, 5.74) is 1.83. The Morgan fingerprint density at radius 1 is 1.27 bits per heavy atom. The number of sulfonamides is 1. The topological polar surface area (TPSA) is 68.1 Å². The van der Waals surface area contributed by atoms with E-state index in [0.29, 0.717) is 19.5 Å². The molecule has 3 rings (SSSR count). The van der Waals surface area contributed by atoms with E-state index in [1.54, 1.807) is 8.99 Å². The Bertz CT molecular complexity index is 727. The van der Waals surface area contributed by atoms with Crippen LogP contribution in [-0.2, 0) is 10.0 Å². The second kappa shape index (κ2) is 6.18. The summed E-state index contributed by atoms with van der Waals surface area (Å²) >= 11 is 0. The average Bonchev–Trinajstić information content (AvgIpc) is 3.17. The smallest absolute Gasteiger partial charge is 0.214 e. The predicted molar refractivity (Wildman–Crippen MR) is 84.8 cm³/mol. The molecule has 0 spiro atoms. The molecule has 1 aromatic heterocycles. The van der Waals surface area contributed by atoms with Crippen LogP contribution < -0.4 is 0 Å². The van der Waals surface area contributed by atoms with Crippen molar-refractivity contribution in [3.8, 4) is 11.3 Å². The molecule has 1 aliphatic rings. The third kappa shape index (κ3) is 3.05. The van der Waals surface area contributed by atoms with E-state index in [9.17, 15) is 8.42 Å². The van der Waals surface area contributed by atoms with Crippen molar-refractivity contribution in [3.05, 3.63) is 36.5 Å². The second-order valence-electron chi connectivity index (χ2n) is 5.57. The fourth-order valence-corrected chi connectivity index (χ4v) is 4.32. The molecule has 118 valence electrons. The first-order valence-electron chi connectivity index (χ1n) is 7.55. The van der Waals surface area contributed by atoms with Gasteiger partial charge in [-0.1, -0.05) is 42.5 Å². The van der Waals surface area contributed by atoms with E-state index in [1.807, 2.05) is 43.5 Å². The normalized spacial score (nSPS) is 19.6. The zero-order chi connectivity index (χ0) is 15.6. The van der Waals surface area contributed by atoms with Crippen molar-refractivity contribution in [1.29, 1.82) is 0 Å². The lowest BCUT2D eigenvalue weighted by Gasteiger charge is -2.15. The Hall–Kier alpha value is -1.73. The van der Waals surface area contributed by atoms with Gasteiger partial charge in [0, 0.05) is 18.7 Å². The largest absolute Gasteiger partial charge is 0.247 e. The summed E-state index contributed by atoms with van der Waals surface area (Å²) in [5.74, 6) is 0.215. The maximum Gasteiger partial charge on any atom is 0.214 e. The van der Waals surface area contributed by atoms with E-state index < -0.39 is 10.0 Å². The number of rotatable bonds is 5. The van der Waals surface area contributed by atoms with Gasteiger partial charge in [-0.25, -0.2) is 13.1 Å². The number of aromatic nitrogens is 3. The number of hydrogen-bond acceptors (Lipinski definition) is 4. The van der Waals surface area contributed by atoms with Gasteiger partial charge in [-0.15, -0.1) is 5.10 Å². The molecule has 1 saturated heterocycles. The van der Waals surface area contributed by atoms with Gasteiger partial charge in [0.2, 0.25) is 10.0 Å². The van der Waals surface area contributed by atoms with Crippen molar-refractivity contribution in [1.82, 2.24) is 19.3 Å². The summed E-state index contributed by atoms with van der Waals surface area (Å²) in [5, 5.41) is 8.38. The molecule has 0 bridgehead atoms. The fraction of sp³-hybridized carbons (Fsp3) is 0.467. The molecule has 1 aromatic carbocycles. The molecule has 1 unspecified atom stereocenters. The minimum absolute atomic E-state index is 0.0663. The van der Waals surface area contributed by atoms with Crippen molar-refractivity contribution in [3.63, 3.8) is 0 Å². The van der Waals surface area contributed by atoms with Gasteiger partial charge in [-0.2, -0.15) is 4.31 Å².